The van der Waals surface area contributed by atoms with Gasteiger partial charge in [-0.3, -0.25) is 19.5 Å². The van der Waals surface area contributed by atoms with Crippen LogP contribution in [-0.4, -0.2) is 59.3 Å². The van der Waals surface area contributed by atoms with Crippen molar-refractivity contribution in [2.24, 2.45) is 4.99 Å². The molecular formula is C17H17N3O4S3. The second-order valence-corrected chi connectivity index (χ2v) is 8.23. The molecule has 27 heavy (non-hydrogen) atoms. The molecular weight excluding hydrogens is 406 g/mol. The van der Waals surface area contributed by atoms with Crippen molar-refractivity contribution in [3.63, 3.8) is 0 Å². The van der Waals surface area contributed by atoms with E-state index in [1.165, 1.54) is 28.4 Å². The monoisotopic (exact) mass is 423 g/mol. The van der Waals surface area contributed by atoms with Crippen molar-refractivity contribution in [2.45, 2.75) is 0 Å². The van der Waals surface area contributed by atoms with Crippen LogP contribution in [0.15, 0.2) is 28.1 Å². The standard InChI is InChI=1S/C17H17N3O4S3/c1-23-11-4-3-10(7-12(11)24-2)8-13-15(22)20(17(25)27-13)9-14(21)19-16-18-5-6-26-16/h3-4,7-8H,5-6,9H2,1-2H3,(H,18,19,21). The highest BCUT2D eigenvalue weighted by atomic mass is 32.2. The van der Waals surface area contributed by atoms with Crippen molar-refractivity contribution in [3.8, 4) is 11.5 Å². The van der Waals surface area contributed by atoms with Gasteiger partial charge in [0.15, 0.2) is 16.7 Å². The Balaban J connectivity index is 1.71. The zero-order valence-electron chi connectivity index (χ0n) is 14.7. The number of hydrogen-bond acceptors (Lipinski definition) is 8. The van der Waals surface area contributed by atoms with Crippen LogP contribution in [0.2, 0.25) is 0 Å². The van der Waals surface area contributed by atoms with Gasteiger partial charge in [-0.25, -0.2) is 0 Å². The lowest BCUT2D eigenvalue weighted by atomic mass is 10.2. The van der Waals surface area contributed by atoms with Crippen molar-refractivity contribution in [1.29, 1.82) is 0 Å². The predicted octanol–water partition coefficient (Wildman–Crippen LogP) is 2.12. The minimum atomic E-state index is -0.313. The molecule has 142 valence electrons. The van der Waals surface area contributed by atoms with Crippen molar-refractivity contribution in [2.75, 3.05) is 33.1 Å². The van der Waals surface area contributed by atoms with E-state index in [2.05, 4.69) is 10.3 Å². The van der Waals surface area contributed by atoms with Gasteiger partial charge in [0, 0.05) is 5.75 Å². The van der Waals surface area contributed by atoms with Gasteiger partial charge in [-0.1, -0.05) is 41.8 Å². The van der Waals surface area contributed by atoms with Gasteiger partial charge in [-0.15, -0.1) is 0 Å². The van der Waals surface area contributed by atoms with E-state index in [1.54, 1.807) is 32.4 Å². The summed E-state index contributed by atoms with van der Waals surface area (Å²) in [5, 5.41) is 3.29. The third kappa shape index (κ3) is 4.63. The lowest BCUT2D eigenvalue weighted by Gasteiger charge is -2.13. The van der Waals surface area contributed by atoms with Crippen LogP contribution in [0.5, 0.6) is 11.5 Å². The highest BCUT2D eigenvalue weighted by Crippen LogP contribution is 2.34. The number of ether oxygens (including phenoxy) is 2. The Labute approximate surface area is 170 Å². The number of amidine groups is 1. The lowest BCUT2D eigenvalue weighted by molar-refractivity contribution is -0.128. The maximum Gasteiger partial charge on any atom is 0.266 e. The molecule has 2 heterocycles. The Kier molecular flexibility index (Phi) is 6.40. The first-order valence-electron chi connectivity index (χ1n) is 7.96. The number of amides is 2. The van der Waals surface area contributed by atoms with Gasteiger partial charge < -0.3 is 14.8 Å². The van der Waals surface area contributed by atoms with E-state index in [9.17, 15) is 9.59 Å². The number of thiocarbonyl (C=S) groups is 1. The van der Waals surface area contributed by atoms with E-state index < -0.39 is 0 Å². The molecule has 0 aromatic heterocycles. The van der Waals surface area contributed by atoms with E-state index in [4.69, 9.17) is 21.7 Å². The maximum absolute atomic E-state index is 12.6. The van der Waals surface area contributed by atoms with Gasteiger partial charge in [0.2, 0.25) is 5.91 Å². The number of thioether (sulfide) groups is 2. The number of carbonyl (C=O) groups is 2. The minimum absolute atomic E-state index is 0.131. The zero-order valence-corrected chi connectivity index (χ0v) is 17.1. The quantitative estimate of drug-likeness (QED) is 0.574. The third-order valence-corrected chi connectivity index (χ3v) is 5.98. The van der Waals surface area contributed by atoms with Crippen molar-refractivity contribution >= 4 is 63.1 Å². The summed E-state index contributed by atoms with van der Waals surface area (Å²) in [6, 6.07) is 5.35. The molecule has 0 radical (unpaired) electrons. The van der Waals surface area contributed by atoms with Gasteiger partial charge in [-0.2, -0.15) is 0 Å². The Morgan fingerprint density at radius 1 is 1.37 bits per heavy atom. The van der Waals surface area contributed by atoms with Crippen LogP contribution in [0.1, 0.15) is 5.56 Å². The molecule has 0 bridgehead atoms. The molecule has 2 aliphatic heterocycles. The first-order valence-corrected chi connectivity index (χ1v) is 10.2. The van der Waals surface area contributed by atoms with Crippen LogP contribution in [-0.2, 0) is 9.59 Å². The van der Waals surface area contributed by atoms with Crippen LogP contribution in [0.3, 0.4) is 0 Å². The molecule has 1 fully saturated rings. The zero-order chi connectivity index (χ0) is 19.4. The van der Waals surface area contributed by atoms with E-state index in [1.807, 2.05) is 6.07 Å². The molecule has 1 saturated heterocycles. The number of methoxy groups -OCH3 is 2. The molecule has 1 aromatic rings. The molecule has 1 N–H and O–H groups in total. The summed E-state index contributed by atoms with van der Waals surface area (Å²) in [6.07, 6.45) is 1.72. The number of rotatable bonds is 5. The number of hydrogen-bond donors (Lipinski definition) is 1. The Morgan fingerprint density at radius 2 is 2.15 bits per heavy atom. The molecule has 0 saturated carbocycles. The second kappa shape index (κ2) is 8.77. The molecule has 0 unspecified atom stereocenters. The number of carbonyl (C=O) groups excluding carboxylic acids is 2. The van der Waals surface area contributed by atoms with Crippen LogP contribution in [0, 0.1) is 0 Å². The van der Waals surface area contributed by atoms with Crippen molar-refractivity contribution in [3.05, 3.63) is 28.7 Å². The number of nitrogens with zero attached hydrogens (tertiary/aromatic N) is 2. The summed E-state index contributed by atoms with van der Waals surface area (Å²) in [6.45, 7) is 0.558. The first kappa shape index (κ1) is 19.7. The average molecular weight is 424 g/mol. The Morgan fingerprint density at radius 3 is 2.81 bits per heavy atom. The molecule has 2 amide bonds. The summed E-state index contributed by atoms with van der Waals surface area (Å²) in [5.74, 6) is 1.41. The highest BCUT2D eigenvalue weighted by Gasteiger charge is 2.33. The summed E-state index contributed by atoms with van der Waals surface area (Å²) < 4.78 is 10.8. The molecule has 2 aliphatic rings. The van der Waals surface area contributed by atoms with Crippen LogP contribution in [0.25, 0.3) is 6.08 Å². The molecule has 10 heteroatoms. The van der Waals surface area contributed by atoms with Gasteiger partial charge >= 0.3 is 0 Å². The van der Waals surface area contributed by atoms with Crippen LogP contribution in [0.4, 0.5) is 0 Å². The summed E-state index contributed by atoms with van der Waals surface area (Å²) in [5.41, 5.74) is 0.773. The normalized spacial score (nSPS) is 18.1. The Hall–Kier alpha value is -2.04. The van der Waals surface area contributed by atoms with Crippen LogP contribution >= 0.6 is 35.7 Å². The third-order valence-electron chi connectivity index (χ3n) is 3.71. The average Bonchev–Trinajstić information content (AvgIpc) is 3.25. The summed E-state index contributed by atoms with van der Waals surface area (Å²) in [4.78, 5) is 30.7. The first-order chi connectivity index (χ1) is 13.0. The number of nitrogens with one attached hydrogen (secondary N) is 1. The smallest absolute Gasteiger partial charge is 0.266 e. The van der Waals surface area contributed by atoms with Gasteiger partial charge in [0.05, 0.1) is 25.7 Å². The second-order valence-electron chi connectivity index (χ2n) is 5.47. The molecule has 0 aliphatic carbocycles. The Bertz CT molecular complexity index is 854. The summed E-state index contributed by atoms with van der Waals surface area (Å²) >= 11 is 7.92. The maximum atomic E-state index is 12.6. The molecule has 7 nitrogen and oxygen atoms in total. The lowest BCUT2D eigenvalue weighted by Crippen LogP contribution is -2.40. The van der Waals surface area contributed by atoms with E-state index >= 15 is 0 Å². The fourth-order valence-electron chi connectivity index (χ4n) is 2.44. The number of aliphatic imine (C=N–C) groups is 1. The van der Waals surface area contributed by atoms with Gasteiger partial charge in [-0.05, 0) is 23.8 Å². The largest absolute Gasteiger partial charge is 0.493 e. The predicted molar refractivity (Wildman–Crippen MR) is 112 cm³/mol. The molecule has 1 aromatic carbocycles. The van der Waals surface area contributed by atoms with Crippen LogP contribution < -0.4 is 14.8 Å². The topological polar surface area (TPSA) is 80.2 Å². The van der Waals surface area contributed by atoms with E-state index in [0.29, 0.717) is 32.4 Å². The fourth-order valence-corrected chi connectivity index (χ4v) is 4.44. The molecule has 0 atom stereocenters. The van der Waals surface area contributed by atoms with Gasteiger partial charge in [0.1, 0.15) is 10.9 Å². The van der Waals surface area contributed by atoms with Crippen molar-refractivity contribution < 1.29 is 19.1 Å². The van der Waals surface area contributed by atoms with E-state index in [-0.39, 0.29) is 18.4 Å². The molecule has 0 spiro atoms. The highest BCUT2D eigenvalue weighted by molar-refractivity contribution is 8.26. The molecule has 3 rings (SSSR count). The minimum Gasteiger partial charge on any atom is -0.493 e. The van der Waals surface area contributed by atoms with E-state index in [0.717, 1.165) is 11.3 Å². The fraction of sp³-hybridized carbons (Fsp3) is 0.294. The van der Waals surface area contributed by atoms with Gasteiger partial charge in [0.25, 0.3) is 5.91 Å². The SMILES string of the molecule is COc1ccc(C=C2SC(=S)N(CC(=O)NC3=NCCS3)C2=O)cc1OC. The summed E-state index contributed by atoms with van der Waals surface area (Å²) in [7, 11) is 3.11. The number of benzene rings is 1. The van der Waals surface area contributed by atoms with Crippen molar-refractivity contribution in [1.82, 2.24) is 10.2 Å².